The number of nitrogens with one attached hydrogen (secondary N) is 1. The molecular formula is C16H27N5O. The van der Waals surface area contributed by atoms with Crippen LogP contribution >= 0.6 is 0 Å². The molecule has 2 rings (SSSR count). The lowest BCUT2D eigenvalue weighted by molar-refractivity contribution is -0.122. The largest absolute Gasteiger partial charge is 0.355 e. The molecule has 0 radical (unpaired) electrons. The normalized spacial score (nSPS) is 16.1. The first-order valence-electron chi connectivity index (χ1n) is 8.09. The Morgan fingerprint density at radius 1 is 1.27 bits per heavy atom. The summed E-state index contributed by atoms with van der Waals surface area (Å²) in [6.45, 7) is 12.9. The molecule has 1 aromatic rings. The van der Waals surface area contributed by atoms with E-state index < -0.39 is 0 Å². The molecule has 1 N–H and O–H groups in total. The van der Waals surface area contributed by atoms with Gasteiger partial charge in [-0.2, -0.15) is 0 Å². The molecule has 0 saturated carbocycles. The minimum absolute atomic E-state index is 0.107. The number of hydrogen-bond donors (Lipinski definition) is 1. The van der Waals surface area contributed by atoms with E-state index in [0.29, 0.717) is 19.0 Å². The van der Waals surface area contributed by atoms with Crippen LogP contribution in [0.15, 0.2) is 6.07 Å². The Hall–Kier alpha value is -1.69. The zero-order valence-electron chi connectivity index (χ0n) is 14.1. The van der Waals surface area contributed by atoms with Gasteiger partial charge in [0.25, 0.3) is 0 Å². The van der Waals surface area contributed by atoms with Crippen LogP contribution in [0.3, 0.4) is 0 Å². The molecule has 0 unspecified atom stereocenters. The van der Waals surface area contributed by atoms with E-state index in [1.807, 2.05) is 19.9 Å². The molecule has 1 saturated heterocycles. The summed E-state index contributed by atoms with van der Waals surface area (Å²) in [6, 6.07) is 2.05. The fourth-order valence-corrected chi connectivity index (χ4v) is 2.59. The van der Waals surface area contributed by atoms with E-state index in [2.05, 4.69) is 38.9 Å². The van der Waals surface area contributed by atoms with E-state index in [0.717, 1.165) is 43.5 Å². The highest BCUT2D eigenvalue weighted by molar-refractivity contribution is 5.77. The van der Waals surface area contributed by atoms with Gasteiger partial charge in [0, 0.05) is 50.4 Å². The average molecular weight is 305 g/mol. The van der Waals surface area contributed by atoms with Crippen molar-refractivity contribution in [3.8, 4) is 0 Å². The zero-order valence-corrected chi connectivity index (χ0v) is 14.1. The first-order valence-corrected chi connectivity index (χ1v) is 8.09. The third-order valence-electron chi connectivity index (χ3n) is 3.81. The lowest BCUT2D eigenvalue weighted by Crippen LogP contribution is -2.49. The van der Waals surface area contributed by atoms with E-state index >= 15 is 0 Å². The van der Waals surface area contributed by atoms with Crippen LogP contribution in [-0.2, 0) is 4.79 Å². The number of nitrogens with zero attached hydrogens (tertiary/aromatic N) is 4. The predicted molar refractivity (Wildman–Crippen MR) is 88.2 cm³/mol. The van der Waals surface area contributed by atoms with Gasteiger partial charge in [0.2, 0.25) is 5.91 Å². The fraction of sp³-hybridized carbons (Fsp3) is 0.688. The van der Waals surface area contributed by atoms with Crippen molar-refractivity contribution in [1.82, 2.24) is 20.2 Å². The molecule has 1 amide bonds. The molecule has 0 spiro atoms. The molecule has 0 bridgehead atoms. The summed E-state index contributed by atoms with van der Waals surface area (Å²) in [7, 11) is 0. The third-order valence-corrected chi connectivity index (χ3v) is 3.81. The first kappa shape index (κ1) is 16.7. The fourth-order valence-electron chi connectivity index (χ4n) is 2.59. The van der Waals surface area contributed by atoms with Crippen molar-refractivity contribution in [3.05, 3.63) is 17.6 Å². The van der Waals surface area contributed by atoms with Crippen LogP contribution in [0.1, 0.15) is 38.2 Å². The van der Waals surface area contributed by atoms with Crippen LogP contribution in [0.25, 0.3) is 0 Å². The average Bonchev–Trinajstić information content (AvgIpc) is 2.47. The molecule has 1 aromatic heterocycles. The molecule has 6 heteroatoms. The topological polar surface area (TPSA) is 61.4 Å². The number of anilines is 1. The second-order valence-electron chi connectivity index (χ2n) is 6.10. The Kier molecular flexibility index (Phi) is 5.71. The van der Waals surface area contributed by atoms with E-state index in [1.54, 1.807) is 0 Å². The van der Waals surface area contributed by atoms with E-state index in [9.17, 15) is 4.79 Å². The Labute approximate surface area is 132 Å². The summed E-state index contributed by atoms with van der Waals surface area (Å²) < 4.78 is 0. The monoisotopic (exact) mass is 305 g/mol. The summed E-state index contributed by atoms with van der Waals surface area (Å²) in [5.41, 5.74) is 1.01. The van der Waals surface area contributed by atoms with Crippen molar-refractivity contribution in [3.63, 3.8) is 0 Å². The number of hydrogen-bond acceptors (Lipinski definition) is 5. The van der Waals surface area contributed by atoms with Gasteiger partial charge in [-0.25, -0.2) is 9.97 Å². The van der Waals surface area contributed by atoms with Crippen LogP contribution in [0.4, 0.5) is 5.82 Å². The summed E-state index contributed by atoms with van der Waals surface area (Å²) in [6.07, 6.45) is 0. The summed E-state index contributed by atoms with van der Waals surface area (Å²) in [4.78, 5) is 25.3. The maximum absolute atomic E-state index is 11.6. The predicted octanol–water partition coefficient (Wildman–Crippen LogP) is 1.17. The molecule has 6 nitrogen and oxygen atoms in total. The van der Waals surface area contributed by atoms with Gasteiger partial charge in [-0.1, -0.05) is 13.8 Å². The van der Waals surface area contributed by atoms with Crippen LogP contribution in [-0.4, -0.2) is 60.0 Å². The number of aryl methyl sites for hydroxylation is 1. The minimum atomic E-state index is 0.107. The molecule has 0 aliphatic carbocycles. The Morgan fingerprint density at radius 3 is 2.55 bits per heavy atom. The van der Waals surface area contributed by atoms with Crippen molar-refractivity contribution < 1.29 is 4.79 Å². The molecule has 0 atom stereocenters. The quantitative estimate of drug-likeness (QED) is 0.885. The van der Waals surface area contributed by atoms with Crippen molar-refractivity contribution in [1.29, 1.82) is 0 Å². The number of aromatic nitrogens is 2. The highest BCUT2D eigenvalue weighted by Crippen LogP contribution is 2.18. The summed E-state index contributed by atoms with van der Waals surface area (Å²) in [5, 5.41) is 2.85. The number of piperazine rings is 1. The van der Waals surface area contributed by atoms with Crippen molar-refractivity contribution in [2.75, 3.05) is 44.2 Å². The Morgan fingerprint density at radius 2 is 1.95 bits per heavy atom. The number of carbonyl (C=O) groups excluding carboxylic acids is 1. The van der Waals surface area contributed by atoms with Crippen LogP contribution < -0.4 is 10.2 Å². The number of likely N-dealkylation sites (N-methyl/N-ethyl adjacent to an activating group) is 1. The molecular weight excluding hydrogens is 278 g/mol. The molecule has 1 fully saturated rings. The van der Waals surface area contributed by atoms with Gasteiger partial charge in [-0.05, 0) is 13.8 Å². The number of rotatable bonds is 5. The molecule has 2 heterocycles. The van der Waals surface area contributed by atoms with Crippen molar-refractivity contribution in [2.45, 2.75) is 33.6 Å². The minimum Gasteiger partial charge on any atom is -0.355 e. The molecule has 22 heavy (non-hydrogen) atoms. The van der Waals surface area contributed by atoms with E-state index in [-0.39, 0.29) is 5.91 Å². The molecule has 1 aliphatic rings. The lowest BCUT2D eigenvalue weighted by Gasteiger charge is -2.35. The number of amides is 1. The summed E-state index contributed by atoms with van der Waals surface area (Å²) in [5.74, 6) is 2.35. The third kappa shape index (κ3) is 4.40. The van der Waals surface area contributed by atoms with E-state index in [1.165, 1.54) is 0 Å². The van der Waals surface area contributed by atoms with Gasteiger partial charge in [-0.15, -0.1) is 0 Å². The van der Waals surface area contributed by atoms with Gasteiger partial charge >= 0.3 is 0 Å². The molecule has 0 aromatic carbocycles. The zero-order chi connectivity index (χ0) is 16.1. The maximum Gasteiger partial charge on any atom is 0.234 e. The SMILES string of the molecule is CCNC(=O)CN1CCN(c2cc(C)nc(C(C)C)n2)CC1. The van der Waals surface area contributed by atoms with Gasteiger partial charge in [-0.3, -0.25) is 9.69 Å². The second kappa shape index (κ2) is 7.54. The van der Waals surface area contributed by atoms with Gasteiger partial charge in [0.05, 0.1) is 6.54 Å². The summed E-state index contributed by atoms with van der Waals surface area (Å²) >= 11 is 0. The van der Waals surface area contributed by atoms with Crippen LogP contribution in [0, 0.1) is 6.92 Å². The van der Waals surface area contributed by atoms with Crippen LogP contribution in [0.5, 0.6) is 0 Å². The van der Waals surface area contributed by atoms with Crippen molar-refractivity contribution >= 4 is 11.7 Å². The van der Waals surface area contributed by atoms with Gasteiger partial charge in [0.1, 0.15) is 11.6 Å². The smallest absolute Gasteiger partial charge is 0.234 e. The highest BCUT2D eigenvalue weighted by atomic mass is 16.2. The van der Waals surface area contributed by atoms with Crippen molar-refractivity contribution in [2.24, 2.45) is 0 Å². The Balaban J connectivity index is 1.95. The van der Waals surface area contributed by atoms with Crippen LogP contribution in [0.2, 0.25) is 0 Å². The Bertz CT molecular complexity index is 509. The highest BCUT2D eigenvalue weighted by Gasteiger charge is 2.20. The maximum atomic E-state index is 11.6. The molecule has 1 aliphatic heterocycles. The first-order chi connectivity index (χ1) is 10.5. The lowest BCUT2D eigenvalue weighted by atomic mass is 10.2. The van der Waals surface area contributed by atoms with E-state index in [4.69, 9.17) is 0 Å². The van der Waals surface area contributed by atoms with Gasteiger partial charge < -0.3 is 10.2 Å². The molecule has 122 valence electrons. The second-order valence-corrected chi connectivity index (χ2v) is 6.10. The standard InChI is InChI=1S/C16H27N5O/c1-5-17-15(22)11-20-6-8-21(9-7-20)14-10-13(4)18-16(19-14)12(2)3/h10,12H,5-9,11H2,1-4H3,(H,17,22). The van der Waals surface area contributed by atoms with Gasteiger partial charge in [0.15, 0.2) is 0 Å². The number of carbonyl (C=O) groups is 1.